The summed E-state index contributed by atoms with van der Waals surface area (Å²) in [6, 6.07) is 7.71. The standard InChI is InChI=1S/C19H25N3O3/c23-17(10-12-22-11-2-1-3-19(22)25)20-15-6-4-14(5-7-15)13-18(24)21-16-8-9-16/h4-7,16H,1-3,8-13H2,(H,20,23)(H,21,24). The SMILES string of the molecule is O=C(CCN1CCCCC1=O)Nc1ccc(CC(=O)NC2CC2)cc1. The van der Waals surface area contributed by atoms with E-state index in [1.54, 1.807) is 4.90 Å². The molecule has 3 amide bonds. The zero-order valence-corrected chi connectivity index (χ0v) is 14.4. The first-order valence-corrected chi connectivity index (χ1v) is 9.06. The van der Waals surface area contributed by atoms with Crippen LogP contribution in [0.2, 0.25) is 0 Å². The van der Waals surface area contributed by atoms with E-state index in [1.165, 1.54) is 0 Å². The van der Waals surface area contributed by atoms with Gasteiger partial charge < -0.3 is 15.5 Å². The number of hydrogen-bond acceptors (Lipinski definition) is 3. The summed E-state index contributed by atoms with van der Waals surface area (Å²) in [4.78, 5) is 37.3. The zero-order valence-electron chi connectivity index (χ0n) is 14.4. The number of likely N-dealkylation sites (tertiary alicyclic amines) is 1. The summed E-state index contributed by atoms with van der Waals surface area (Å²) < 4.78 is 0. The van der Waals surface area contributed by atoms with Gasteiger partial charge in [0.2, 0.25) is 17.7 Å². The van der Waals surface area contributed by atoms with Crippen LogP contribution in [0.1, 0.15) is 44.1 Å². The Labute approximate surface area is 148 Å². The van der Waals surface area contributed by atoms with Gasteiger partial charge in [0.05, 0.1) is 6.42 Å². The molecule has 1 aromatic carbocycles. The van der Waals surface area contributed by atoms with Gasteiger partial charge in [-0.3, -0.25) is 14.4 Å². The molecule has 1 saturated heterocycles. The highest BCUT2D eigenvalue weighted by Crippen LogP contribution is 2.19. The van der Waals surface area contributed by atoms with E-state index in [-0.39, 0.29) is 17.7 Å². The quantitative estimate of drug-likeness (QED) is 0.793. The molecule has 0 spiro atoms. The highest BCUT2D eigenvalue weighted by Gasteiger charge is 2.23. The minimum Gasteiger partial charge on any atom is -0.353 e. The Kier molecular flexibility index (Phi) is 5.68. The van der Waals surface area contributed by atoms with Crippen molar-refractivity contribution in [3.05, 3.63) is 29.8 Å². The summed E-state index contributed by atoms with van der Waals surface area (Å²) in [5, 5.41) is 5.80. The van der Waals surface area contributed by atoms with Crippen molar-refractivity contribution in [3.8, 4) is 0 Å². The second-order valence-corrected chi connectivity index (χ2v) is 6.85. The van der Waals surface area contributed by atoms with Crippen LogP contribution in [0.5, 0.6) is 0 Å². The normalized spacial score (nSPS) is 17.3. The van der Waals surface area contributed by atoms with Crippen molar-refractivity contribution in [2.75, 3.05) is 18.4 Å². The van der Waals surface area contributed by atoms with E-state index in [2.05, 4.69) is 10.6 Å². The fraction of sp³-hybridized carbons (Fsp3) is 0.526. The Bertz CT molecular complexity index is 638. The summed E-state index contributed by atoms with van der Waals surface area (Å²) in [6.45, 7) is 1.23. The van der Waals surface area contributed by atoms with E-state index in [0.717, 1.165) is 37.8 Å². The molecule has 3 rings (SSSR count). The Hall–Kier alpha value is -2.37. The topological polar surface area (TPSA) is 78.5 Å². The van der Waals surface area contributed by atoms with Crippen LogP contribution < -0.4 is 10.6 Å². The van der Waals surface area contributed by atoms with Crippen molar-refractivity contribution in [2.45, 2.75) is 51.0 Å². The third-order valence-corrected chi connectivity index (χ3v) is 4.57. The molecule has 1 aliphatic carbocycles. The van der Waals surface area contributed by atoms with E-state index in [0.29, 0.717) is 37.5 Å². The van der Waals surface area contributed by atoms with E-state index in [1.807, 2.05) is 24.3 Å². The molecule has 0 unspecified atom stereocenters. The van der Waals surface area contributed by atoms with Crippen molar-refractivity contribution in [2.24, 2.45) is 0 Å². The van der Waals surface area contributed by atoms with Gasteiger partial charge in [-0.15, -0.1) is 0 Å². The lowest BCUT2D eigenvalue weighted by Gasteiger charge is -2.26. The maximum atomic E-state index is 12.0. The summed E-state index contributed by atoms with van der Waals surface area (Å²) >= 11 is 0. The number of hydrogen-bond donors (Lipinski definition) is 2. The second-order valence-electron chi connectivity index (χ2n) is 6.85. The van der Waals surface area contributed by atoms with Crippen molar-refractivity contribution in [1.82, 2.24) is 10.2 Å². The first-order valence-electron chi connectivity index (χ1n) is 9.06. The molecule has 1 saturated carbocycles. The molecule has 2 aliphatic rings. The lowest BCUT2D eigenvalue weighted by molar-refractivity contribution is -0.133. The third-order valence-electron chi connectivity index (χ3n) is 4.57. The average molecular weight is 343 g/mol. The zero-order chi connectivity index (χ0) is 17.6. The van der Waals surface area contributed by atoms with E-state index in [4.69, 9.17) is 0 Å². The van der Waals surface area contributed by atoms with E-state index < -0.39 is 0 Å². The molecule has 6 nitrogen and oxygen atoms in total. The Morgan fingerprint density at radius 1 is 1.08 bits per heavy atom. The van der Waals surface area contributed by atoms with Crippen LogP contribution >= 0.6 is 0 Å². The molecule has 1 aromatic rings. The molecular weight excluding hydrogens is 318 g/mol. The minimum absolute atomic E-state index is 0.0467. The van der Waals surface area contributed by atoms with Crippen LogP contribution in [0.15, 0.2) is 24.3 Å². The number of rotatable bonds is 7. The molecule has 25 heavy (non-hydrogen) atoms. The number of anilines is 1. The first kappa shape index (κ1) is 17.5. The molecule has 0 atom stereocenters. The number of benzene rings is 1. The van der Waals surface area contributed by atoms with Crippen LogP contribution in [-0.4, -0.2) is 41.8 Å². The van der Waals surface area contributed by atoms with Gasteiger partial charge >= 0.3 is 0 Å². The van der Waals surface area contributed by atoms with Gasteiger partial charge in [-0.2, -0.15) is 0 Å². The van der Waals surface area contributed by atoms with Crippen LogP contribution in [0.25, 0.3) is 0 Å². The molecule has 0 aromatic heterocycles. The van der Waals surface area contributed by atoms with E-state index in [9.17, 15) is 14.4 Å². The third kappa shape index (κ3) is 5.59. The number of nitrogens with one attached hydrogen (secondary N) is 2. The first-order chi connectivity index (χ1) is 12.1. The summed E-state index contributed by atoms with van der Waals surface area (Å²) in [7, 11) is 0. The molecule has 1 heterocycles. The molecule has 2 fully saturated rings. The molecule has 1 aliphatic heterocycles. The van der Waals surface area contributed by atoms with Gasteiger partial charge in [0, 0.05) is 37.7 Å². The number of amides is 3. The molecular formula is C19H25N3O3. The van der Waals surface area contributed by atoms with Gasteiger partial charge in [-0.25, -0.2) is 0 Å². The van der Waals surface area contributed by atoms with Crippen molar-refractivity contribution in [1.29, 1.82) is 0 Å². The maximum Gasteiger partial charge on any atom is 0.226 e. The molecule has 0 radical (unpaired) electrons. The lowest BCUT2D eigenvalue weighted by Crippen LogP contribution is -2.37. The molecule has 134 valence electrons. The van der Waals surface area contributed by atoms with Gasteiger partial charge in [-0.1, -0.05) is 12.1 Å². The minimum atomic E-state index is -0.0994. The fourth-order valence-corrected chi connectivity index (χ4v) is 2.96. The average Bonchev–Trinajstić information content (AvgIpc) is 3.40. The molecule has 6 heteroatoms. The number of nitrogens with zero attached hydrogens (tertiary/aromatic N) is 1. The fourth-order valence-electron chi connectivity index (χ4n) is 2.96. The molecule has 0 bridgehead atoms. The van der Waals surface area contributed by atoms with Gasteiger partial charge in [0.1, 0.15) is 0 Å². The Balaban J connectivity index is 1.41. The van der Waals surface area contributed by atoms with Crippen LogP contribution in [0.4, 0.5) is 5.69 Å². The van der Waals surface area contributed by atoms with Gasteiger partial charge in [0.15, 0.2) is 0 Å². The number of carbonyl (C=O) groups excluding carboxylic acids is 3. The van der Waals surface area contributed by atoms with E-state index >= 15 is 0 Å². The molecule has 2 N–H and O–H groups in total. The highest BCUT2D eigenvalue weighted by atomic mass is 16.2. The summed E-state index contributed by atoms with van der Waals surface area (Å²) in [5.41, 5.74) is 1.64. The van der Waals surface area contributed by atoms with Crippen molar-refractivity contribution < 1.29 is 14.4 Å². The van der Waals surface area contributed by atoms with Crippen LogP contribution in [0.3, 0.4) is 0 Å². The predicted molar refractivity (Wildman–Crippen MR) is 95.0 cm³/mol. The smallest absolute Gasteiger partial charge is 0.226 e. The number of carbonyl (C=O) groups is 3. The second kappa shape index (κ2) is 8.14. The lowest BCUT2D eigenvalue weighted by atomic mass is 10.1. The van der Waals surface area contributed by atoms with Gasteiger partial charge in [0.25, 0.3) is 0 Å². The van der Waals surface area contributed by atoms with Crippen molar-refractivity contribution >= 4 is 23.4 Å². The van der Waals surface area contributed by atoms with Crippen LogP contribution in [-0.2, 0) is 20.8 Å². The monoisotopic (exact) mass is 343 g/mol. The summed E-state index contributed by atoms with van der Waals surface area (Å²) in [5.74, 6) is 0.0935. The highest BCUT2D eigenvalue weighted by molar-refractivity contribution is 5.91. The Morgan fingerprint density at radius 2 is 1.84 bits per heavy atom. The largest absolute Gasteiger partial charge is 0.353 e. The maximum absolute atomic E-state index is 12.0. The van der Waals surface area contributed by atoms with Gasteiger partial charge in [-0.05, 0) is 43.4 Å². The Morgan fingerprint density at radius 3 is 2.52 bits per heavy atom. The van der Waals surface area contributed by atoms with Crippen LogP contribution in [0, 0.1) is 0 Å². The summed E-state index contributed by atoms with van der Waals surface area (Å²) in [6.07, 6.45) is 5.39. The predicted octanol–water partition coefficient (Wildman–Crippen LogP) is 1.85. The number of piperidine rings is 1. The van der Waals surface area contributed by atoms with Crippen molar-refractivity contribution in [3.63, 3.8) is 0 Å².